The molecule has 2 aromatic heterocycles. The van der Waals surface area contributed by atoms with Crippen molar-refractivity contribution in [3.8, 4) is 0 Å². The zero-order valence-corrected chi connectivity index (χ0v) is 10.2. The first-order chi connectivity index (χ1) is 8.45. The number of alkyl halides is 3. The number of hydrogen-bond acceptors (Lipinski definition) is 4. The van der Waals surface area contributed by atoms with Crippen molar-refractivity contribution in [2.45, 2.75) is 16.2 Å². The minimum Gasteiger partial charge on any atom is -0.249 e. The molecule has 2 aromatic rings. The van der Waals surface area contributed by atoms with Gasteiger partial charge in [0.05, 0.1) is 5.56 Å². The van der Waals surface area contributed by atoms with Crippen molar-refractivity contribution in [3.63, 3.8) is 0 Å². The van der Waals surface area contributed by atoms with E-state index in [0.29, 0.717) is 10.1 Å². The Balaban J connectivity index is 2.16. The molecule has 0 fully saturated rings. The lowest BCUT2D eigenvalue weighted by Crippen LogP contribution is -2.05. The molecule has 3 nitrogen and oxygen atoms in total. The van der Waals surface area contributed by atoms with Crippen LogP contribution in [-0.4, -0.2) is 15.0 Å². The van der Waals surface area contributed by atoms with Crippen LogP contribution in [0.5, 0.6) is 0 Å². The van der Waals surface area contributed by atoms with Crippen LogP contribution in [0.3, 0.4) is 0 Å². The van der Waals surface area contributed by atoms with Crippen LogP contribution in [-0.2, 0) is 6.18 Å². The second-order valence-electron chi connectivity index (χ2n) is 3.16. The highest BCUT2D eigenvalue weighted by Crippen LogP contribution is 2.31. The number of nitrogens with zero attached hydrogens (tertiary/aromatic N) is 3. The number of aromatic nitrogens is 3. The molecular formula is C10H5ClF3N3S. The van der Waals surface area contributed by atoms with Crippen molar-refractivity contribution < 1.29 is 13.2 Å². The minimum atomic E-state index is -4.38. The topological polar surface area (TPSA) is 38.7 Å². The van der Waals surface area contributed by atoms with Crippen LogP contribution in [0.1, 0.15) is 5.56 Å². The SMILES string of the molecule is FC(F)(F)c1ccc(Sc2cc(Cl)ncn2)nc1. The molecular weight excluding hydrogens is 287 g/mol. The summed E-state index contributed by atoms with van der Waals surface area (Å²) in [6.45, 7) is 0. The van der Waals surface area contributed by atoms with Crippen molar-refractivity contribution in [1.29, 1.82) is 0 Å². The van der Waals surface area contributed by atoms with Crippen molar-refractivity contribution >= 4 is 23.4 Å². The Morgan fingerprint density at radius 3 is 2.39 bits per heavy atom. The quantitative estimate of drug-likeness (QED) is 0.791. The van der Waals surface area contributed by atoms with Crippen LogP contribution in [0.25, 0.3) is 0 Å². The molecule has 0 aromatic carbocycles. The molecule has 0 amide bonds. The maximum absolute atomic E-state index is 12.3. The third-order valence-corrected chi connectivity index (χ3v) is 2.97. The molecule has 0 aliphatic carbocycles. The molecule has 0 saturated heterocycles. The van der Waals surface area contributed by atoms with Gasteiger partial charge in [-0.15, -0.1) is 0 Å². The van der Waals surface area contributed by atoms with Crippen LogP contribution < -0.4 is 0 Å². The van der Waals surface area contributed by atoms with Gasteiger partial charge in [0.15, 0.2) is 0 Å². The fraction of sp³-hybridized carbons (Fsp3) is 0.100. The second kappa shape index (κ2) is 5.11. The number of rotatable bonds is 2. The van der Waals surface area contributed by atoms with Crippen LogP contribution >= 0.6 is 23.4 Å². The normalized spacial score (nSPS) is 11.6. The summed E-state index contributed by atoms with van der Waals surface area (Å²) in [4.78, 5) is 11.3. The van der Waals surface area contributed by atoms with E-state index in [-0.39, 0.29) is 5.15 Å². The van der Waals surface area contributed by atoms with Gasteiger partial charge < -0.3 is 0 Å². The first kappa shape index (κ1) is 13.1. The van der Waals surface area contributed by atoms with Gasteiger partial charge in [0.2, 0.25) is 0 Å². The van der Waals surface area contributed by atoms with Crippen molar-refractivity contribution in [1.82, 2.24) is 15.0 Å². The Labute approximate surface area is 109 Å². The standard InChI is InChI=1S/C10H5ClF3N3S/c11-7-3-9(17-5-16-7)18-8-2-1-6(4-15-8)10(12,13)14/h1-5H. The fourth-order valence-corrected chi connectivity index (χ4v) is 2.03. The summed E-state index contributed by atoms with van der Waals surface area (Å²) in [7, 11) is 0. The first-order valence-corrected chi connectivity index (χ1v) is 5.83. The predicted molar refractivity (Wildman–Crippen MR) is 60.4 cm³/mol. The summed E-state index contributed by atoms with van der Waals surface area (Å²) in [6.07, 6.45) is -2.33. The maximum atomic E-state index is 12.3. The lowest BCUT2D eigenvalue weighted by Gasteiger charge is -2.06. The van der Waals surface area contributed by atoms with Gasteiger partial charge in [0.1, 0.15) is 21.5 Å². The summed E-state index contributed by atoms with van der Waals surface area (Å²) in [5.41, 5.74) is -0.785. The second-order valence-corrected chi connectivity index (χ2v) is 4.59. The van der Waals surface area contributed by atoms with Crippen molar-refractivity contribution in [2.75, 3.05) is 0 Å². The zero-order chi connectivity index (χ0) is 13.2. The first-order valence-electron chi connectivity index (χ1n) is 4.64. The molecule has 0 saturated carbocycles. The smallest absolute Gasteiger partial charge is 0.249 e. The highest BCUT2D eigenvalue weighted by Gasteiger charge is 2.30. The maximum Gasteiger partial charge on any atom is 0.417 e. The third-order valence-electron chi connectivity index (χ3n) is 1.88. The predicted octanol–water partition coefficient (Wildman–Crippen LogP) is 3.70. The van der Waals surface area contributed by atoms with Gasteiger partial charge in [0, 0.05) is 12.3 Å². The molecule has 2 heterocycles. The van der Waals surface area contributed by atoms with E-state index >= 15 is 0 Å². The van der Waals surface area contributed by atoms with E-state index in [1.807, 2.05) is 0 Å². The molecule has 8 heteroatoms. The molecule has 0 spiro atoms. The van der Waals surface area contributed by atoms with E-state index in [4.69, 9.17) is 11.6 Å². The van der Waals surface area contributed by atoms with Gasteiger partial charge in [-0.25, -0.2) is 15.0 Å². The molecule has 18 heavy (non-hydrogen) atoms. The summed E-state index contributed by atoms with van der Waals surface area (Å²) in [6, 6.07) is 3.76. The molecule has 94 valence electrons. The monoisotopic (exact) mass is 291 g/mol. The molecule has 0 unspecified atom stereocenters. The Kier molecular flexibility index (Phi) is 3.72. The highest BCUT2D eigenvalue weighted by atomic mass is 35.5. The van der Waals surface area contributed by atoms with Gasteiger partial charge >= 0.3 is 6.18 Å². The van der Waals surface area contributed by atoms with Crippen LogP contribution in [0.15, 0.2) is 40.8 Å². The Morgan fingerprint density at radius 2 is 1.83 bits per heavy atom. The number of pyridine rings is 1. The Hall–Kier alpha value is -1.34. The van der Waals surface area contributed by atoms with Gasteiger partial charge in [-0.1, -0.05) is 11.6 Å². The van der Waals surface area contributed by atoms with E-state index in [0.717, 1.165) is 24.0 Å². The molecule has 0 aliphatic heterocycles. The number of hydrogen-bond donors (Lipinski definition) is 0. The van der Waals surface area contributed by atoms with E-state index in [1.54, 1.807) is 0 Å². The average Bonchev–Trinajstić information content (AvgIpc) is 2.28. The Morgan fingerprint density at radius 1 is 1.06 bits per heavy atom. The zero-order valence-electron chi connectivity index (χ0n) is 8.65. The largest absolute Gasteiger partial charge is 0.417 e. The Bertz CT molecular complexity index is 545. The summed E-state index contributed by atoms with van der Waals surface area (Å²) < 4.78 is 36.9. The van der Waals surface area contributed by atoms with E-state index in [2.05, 4.69) is 15.0 Å². The third kappa shape index (κ3) is 3.33. The van der Waals surface area contributed by atoms with Crippen LogP contribution in [0.2, 0.25) is 5.15 Å². The molecule has 0 bridgehead atoms. The summed E-state index contributed by atoms with van der Waals surface area (Å²) >= 11 is 6.77. The molecule has 0 aliphatic rings. The number of halogens is 4. The molecule has 2 rings (SSSR count). The lowest BCUT2D eigenvalue weighted by atomic mass is 10.3. The van der Waals surface area contributed by atoms with Gasteiger partial charge in [0.25, 0.3) is 0 Å². The molecule has 0 radical (unpaired) electrons. The van der Waals surface area contributed by atoms with E-state index < -0.39 is 11.7 Å². The van der Waals surface area contributed by atoms with Gasteiger partial charge in [-0.05, 0) is 23.9 Å². The fourth-order valence-electron chi connectivity index (χ4n) is 1.09. The van der Waals surface area contributed by atoms with E-state index in [9.17, 15) is 13.2 Å². The van der Waals surface area contributed by atoms with Crippen molar-refractivity contribution in [2.24, 2.45) is 0 Å². The van der Waals surface area contributed by atoms with Crippen molar-refractivity contribution in [3.05, 3.63) is 41.4 Å². The van der Waals surface area contributed by atoms with E-state index in [1.165, 1.54) is 18.5 Å². The summed E-state index contributed by atoms with van der Waals surface area (Å²) in [5.74, 6) is 0. The molecule has 0 N–H and O–H groups in total. The molecule has 0 atom stereocenters. The van der Waals surface area contributed by atoms with Crippen LogP contribution in [0, 0.1) is 0 Å². The van der Waals surface area contributed by atoms with Crippen LogP contribution in [0.4, 0.5) is 13.2 Å². The lowest BCUT2D eigenvalue weighted by molar-refractivity contribution is -0.137. The van der Waals surface area contributed by atoms with Gasteiger partial charge in [-0.3, -0.25) is 0 Å². The average molecular weight is 292 g/mol. The van der Waals surface area contributed by atoms with Gasteiger partial charge in [-0.2, -0.15) is 13.2 Å². The summed E-state index contributed by atoms with van der Waals surface area (Å²) in [5, 5.41) is 1.18. The minimum absolute atomic E-state index is 0.263. The highest BCUT2D eigenvalue weighted by molar-refractivity contribution is 7.99.